The number of allylic oxidation sites excluding steroid dienone is 6. The number of phenols is 1. The van der Waals surface area contributed by atoms with Crippen molar-refractivity contribution in [1.82, 2.24) is 0 Å². The summed E-state index contributed by atoms with van der Waals surface area (Å²) in [6.07, 6.45) is 4.25. The van der Waals surface area contributed by atoms with E-state index in [1.54, 1.807) is 12.1 Å². The van der Waals surface area contributed by atoms with E-state index in [0.29, 0.717) is 12.0 Å². The minimum atomic E-state index is -0.649. The van der Waals surface area contributed by atoms with Gasteiger partial charge in [0.1, 0.15) is 0 Å². The van der Waals surface area contributed by atoms with Gasteiger partial charge in [-0.25, -0.2) is 4.39 Å². The fourth-order valence-corrected chi connectivity index (χ4v) is 3.61. The zero-order valence-corrected chi connectivity index (χ0v) is 13.8. The van der Waals surface area contributed by atoms with Gasteiger partial charge in [-0.15, -0.1) is 0 Å². The van der Waals surface area contributed by atoms with Gasteiger partial charge in [-0.1, -0.05) is 43.3 Å². The highest BCUT2D eigenvalue weighted by atomic mass is 19.1. The Morgan fingerprint density at radius 1 is 1.04 bits per heavy atom. The third kappa shape index (κ3) is 2.62. The first-order valence-corrected chi connectivity index (χ1v) is 8.30. The second-order valence-corrected chi connectivity index (χ2v) is 6.55. The molecule has 1 unspecified atom stereocenters. The molecule has 2 aliphatic carbocycles. The van der Waals surface area contributed by atoms with Crippen molar-refractivity contribution in [2.24, 2.45) is 5.92 Å². The molecule has 0 fully saturated rings. The predicted molar refractivity (Wildman–Crippen MR) is 96.3 cm³/mol. The Hall–Kier alpha value is -2.94. The van der Waals surface area contributed by atoms with Gasteiger partial charge in [0.25, 0.3) is 0 Å². The van der Waals surface area contributed by atoms with Gasteiger partial charge in [0.15, 0.2) is 17.3 Å². The maximum absolute atomic E-state index is 13.9. The number of aromatic hydroxyl groups is 1. The molecule has 0 amide bonds. The van der Waals surface area contributed by atoms with Crippen molar-refractivity contribution < 1.29 is 14.3 Å². The van der Waals surface area contributed by atoms with Gasteiger partial charge in [0, 0.05) is 6.42 Å². The van der Waals surface area contributed by atoms with E-state index in [9.17, 15) is 14.3 Å². The van der Waals surface area contributed by atoms with Crippen LogP contribution < -0.4 is 0 Å². The average molecular weight is 332 g/mol. The number of hydrogen-bond acceptors (Lipinski definition) is 2. The van der Waals surface area contributed by atoms with Crippen molar-refractivity contribution in [3.8, 4) is 5.75 Å². The van der Waals surface area contributed by atoms with Gasteiger partial charge >= 0.3 is 0 Å². The van der Waals surface area contributed by atoms with E-state index in [1.807, 2.05) is 37.3 Å². The maximum Gasteiger partial charge on any atom is 0.165 e. The lowest BCUT2D eigenvalue weighted by Gasteiger charge is -2.21. The number of fused-ring (bicyclic) bond motifs is 1. The van der Waals surface area contributed by atoms with Crippen molar-refractivity contribution in [1.29, 1.82) is 0 Å². The zero-order valence-electron chi connectivity index (χ0n) is 13.8. The lowest BCUT2D eigenvalue weighted by atomic mass is 9.82. The van der Waals surface area contributed by atoms with Crippen molar-refractivity contribution in [2.45, 2.75) is 13.3 Å². The Labute approximate surface area is 145 Å². The Bertz CT molecular complexity index is 965. The summed E-state index contributed by atoms with van der Waals surface area (Å²) in [6, 6.07) is 14.2. The highest BCUT2D eigenvalue weighted by Crippen LogP contribution is 2.47. The zero-order chi connectivity index (χ0) is 17.6. The molecule has 0 bridgehead atoms. The molecule has 4 rings (SSSR count). The first-order valence-electron chi connectivity index (χ1n) is 8.30. The van der Waals surface area contributed by atoms with Crippen molar-refractivity contribution in [2.75, 3.05) is 0 Å². The molecule has 3 heteroatoms. The van der Waals surface area contributed by atoms with Crippen LogP contribution in [-0.4, -0.2) is 10.9 Å². The number of carbonyl (C=O) groups is 1. The summed E-state index contributed by atoms with van der Waals surface area (Å²) < 4.78 is 13.9. The Balaban J connectivity index is 1.98. The normalized spacial score (nSPS) is 19.6. The summed E-state index contributed by atoms with van der Waals surface area (Å²) >= 11 is 0. The van der Waals surface area contributed by atoms with Gasteiger partial charge in [0.05, 0.1) is 0 Å². The van der Waals surface area contributed by atoms with Gasteiger partial charge in [-0.2, -0.15) is 0 Å². The van der Waals surface area contributed by atoms with Gasteiger partial charge in [-0.05, 0) is 63.6 Å². The second kappa shape index (κ2) is 5.85. The number of carbonyl (C=O) groups excluding carboxylic acids is 1. The molecule has 2 nitrogen and oxygen atoms in total. The van der Waals surface area contributed by atoms with Gasteiger partial charge in [-0.3, -0.25) is 4.79 Å². The highest BCUT2D eigenvalue weighted by Gasteiger charge is 2.31. The quantitative estimate of drug-likeness (QED) is 0.848. The largest absolute Gasteiger partial charge is 0.505 e. The molecule has 25 heavy (non-hydrogen) atoms. The van der Waals surface area contributed by atoms with E-state index < -0.39 is 5.82 Å². The molecule has 2 aromatic rings. The van der Waals surface area contributed by atoms with E-state index in [2.05, 4.69) is 6.08 Å². The molecule has 2 aliphatic rings. The predicted octanol–water partition coefficient (Wildman–Crippen LogP) is 4.92. The summed E-state index contributed by atoms with van der Waals surface area (Å²) in [5, 5.41) is 9.49. The molecule has 0 radical (unpaired) electrons. The van der Waals surface area contributed by atoms with Crippen LogP contribution in [0.5, 0.6) is 5.75 Å². The van der Waals surface area contributed by atoms with Gasteiger partial charge < -0.3 is 5.11 Å². The van der Waals surface area contributed by atoms with Crippen LogP contribution in [0.1, 0.15) is 24.5 Å². The number of rotatable bonds is 2. The summed E-state index contributed by atoms with van der Waals surface area (Å²) in [4.78, 5) is 12.1. The third-order valence-corrected chi connectivity index (χ3v) is 4.81. The topological polar surface area (TPSA) is 37.3 Å². The summed E-state index contributed by atoms with van der Waals surface area (Å²) in [5.41, 5.74) is 5.55. The minimum absolute atomic E-state index is 0.117. The average Bonchev–Trinajstić information content (AvgIpc) is 2.98. The number of phenolic OH excluding ortho intramolecular Hbond substituents is 1. The molecule has 1 atom stereocenters. The molecule has 0 saturated carbocycles. The van der Waals surface area contributed by atoms with Crippen LogP contribution in [0.2, 0.25) is 0 Å². The first kappa shape index (κ1) is 15.6. The van der Waals surface area contributed by atoms with Crippen LogP contribution in [0.15, 0.2) is 71.8 Å². The van der Waals surface area contributed by atoms with E-state index >= 15 is 0 Å². The van der Waals surface area contributed by atoms with Crippen LogP contribution in [0.25, 0.3) is 11.1 Å². The highest BCUT2D eigenvalue weighted by molar-refractivity contribution is 6.12. The van der Waals surface area contributed by atoms with Crippen LogP contribution in [0, 0.1) is 11.7 Å². The van der Waals surface area contributed by atoms with Crippen LogP contribution >= 0.6 is 0 Å². The molecule has 124 valence electrons. The van der Waals surface area contributed by atoms with Gasteiger partial charge in [0.2, 0.25) is 0 Å². The fourth-order valence-electron chi connectivity index (χ4n) is 3.61. The first-order chi connectivity index (χ1) is 12.0. The molecule has 0 spiro atoms. The molecule has 0 aliphatic heterocycles. The van der Waals surface area contributed by atoms with Crippen molar-refractivity contribution in [3.05, 3.63) is 88.8 Å². The molecular formula is C22H17FO2. The van der Waals surface area contributed by atoms with Crippen LogP contribution in [-0.2, 0) is 4.79 Å². The number of halogens is 1. The molecule has 0 heterocycles. The van der Waals surface area contributed by atoms with E-state index in [-0.39, 0.29) is 17.5 Å². The Kier molecular flexibility index (Phi) is 3.65. The molecule has 0 saturated heterocycles. The smallest absolute Gasteiger partial charge is 0.165 e. The Morgan fingerprint density at radius 2 is 1.80 bits per heavy atom. The molecule has 2 aromatic carbocycles. The molecule has 1 N–H and O–H groups in total. The van der Waals surface area contributed by atoms with E-state index in [1.165, 1.54) is 12.1 Å². The van der Waals surface area contributed by atoms with Crippen molar-refractivity contribution in [3.63, 3.8) is 0 Å². The standard InChI is InChI=1S/C22H17FO2/c1-13-9-16(24)11-19-17(13)12-18(15-7-8-21(25)20(23)10-15)22(19)14-5-3-2-4-6-14/h2-8,10-13,25H,9H2,1H3. The lowest BCUT2D eigenvalue weighted by molar-refractivity contribution is -0.115. The number of ketones is 1. The SMILES string of the molecule is CC1CC(=O)C=C2C1=CC(c1ccc(O)c(F)c1)=C2c1ccccc1. The molecule has 0 aromatic heterocycles. The maximum atomic E-state index is 13.9. The van der Waals surface area contributed by atoms with E-state index in [0.717, 1.165) is 27.9 Å². The van der Waals surface area contributed by atoms with Crippen LogP contribution in [0.4, 0.5) is 4.39 Å². The van der Waals surface area contributed by atoms with E-state index in [4.69, 9.17) is 0 Å². The van der Waals surface area contributed by atoms with Crippen molar-refractivity contribution >= 4 is 16.9 Å². The molecular weight excluding hydrogens is 315 g/mol. The Morgan fingerprint density at radius 3 is 2.52 bits per heavy atom. The monoisotopic (exact) mass is 332 g/mol. The second-order valence-electron chi connectivity index (χ2n) is 6.55. The summed E-state index contributed by atoms with van der Waals surface area (Å²) in [7, 11) is 0. The van der Waals surface area contributed by atoms with Crippen LogP contribution in [0.3, 0.4) is 0 Å². The number of hydrogen-bond donors (Lipinski definition) is 1. The summed E-state index contributed by atoms with van der Waals surface area (Å²) in [6.45, 7) is 2.04. The number of benzene rings is 2. The lowest BCUT2D eigenvalue weighted by Crippen LogP contribution is -2.13. The third-order valence-electron chi connectivity index (χ3n) is 4.81. The fraction of sp³-hybridized carbons (Fsp3) is 0.136. The summed E-state index contributed by atoms with van der Waals surface area (Å²) in [5.74, 6) is -0.767. The minimum Gasteiger partial charge on any atom is -0.505 e.